The molecule has 2 heteroatoms. The smallest absolute Gasteiger partial charge is 0.0658 e. The molecule has 1 N–H and O–H groups in total. The molecule has 14 heavy (non-hydrogen) atoms. The number of rotatable bonds is 4. The van der Waals surface area contributed by atoms with Crippen LogP contribution in [0, 0.1) is 6.92 Å². The molecule has 0 aliphatic heterocycles. The zero-order valence-corrected chi connectivity index (χ0v) is 8.83. The van der Waals surface area contributed by atoms with Crippen molar-refractivity contribution in [1.29, 1.82) is 0 Å². The fourth-order valence-electron chi connectivity index (χ4n) is 1.29. The summed E-state index contributed by atoms with van der Waals surface area (Å²) in [6.07, 6.45) is 1.66. The van der Waals surface area contributed by atoms with Gasteiger partial charge in [-0.15, -0.1) is 0 Å². The Morgan fingerprint density at radius 1 is 1.36 bits per heavy atom. The Bertz CT molecular complexity index is 318. The van der Waals surface area contributed by atoms with E-state index in [4.69, 9.17) is 5.11 Å². The monoisotopic (exact) mass is 191 g/mol. The van der Waals surface area contributed by atoms with E-state index in [0.29, 0.717) is 0 Å². The first-order chi connectivity index (χ1) is 6.74. The van der Waals surface area contributed by atoms with E-state index in [1.807, 2.05) is 25.1 Å². The van der Waals surface area contributed by atoms with Gasteiger partial charge in [-0.1, -0.05) is 18.2 Å². The number of nitrogens with zero attached hydrogens (tertiary/aromatic N) is 1. The minimum absolute atomic E-state index is 0.237. The lowest BCUT2D eigenvalue weighted by Crippen LogP contribution is -1.93. The van der Waals surface area contributed by atoms with Crippen LogP contribution in [0.25, 0.3) is 0 Å². The van der Waals surface area contributed by atoms with Crippen molar-refractivity contribution in [3.05, 3.63) is 29.8 Å². The van der Waals surface area contributed by atoms with Crippen LogP contribution >= 0.6 is 0 Å². The van der Waals surface area contributed by atoms with Crippen LogP contribution in [0.15, 0.2) is 29.3 Å². The number of hydrogen-bond acceptors (Lipinski definition) is 2. The molecule has 0 saturated heterocycles. The van der Waals surface area contributed by atoms with Gasteiger partial charge in [0.1, 0.15) is 0 Å². The second kappa shape index (κ2) is 5.55. The number of hydrogen-bond donors (Lipinski definition) is 1. The van der Waals surface area contributed by atoms with Gasteiger partial charge in [-0.25, -0.2) is 0 Å². The Morgan fingerprint density at radius 3 is 2.71 bits per heavy atom. The van der Waals surface area contributed by atoms with Crippen molar-refractivity contribution >= 4 is 11.4 Å². The van der Waals surface area contributed by atoms with Crippen molar-refractivity contribution < 1.29 is 5.11 Å². The number of aryl methyl sites for hydroxylation is 1. The molecule has 0 saturated carbocycles. The molecular weight excluding hydrogens is 174 g/mol. The van der Waals surface area contributed by atoms with Gasteiger partial charge in [0, 0.05) is 12.3 Å². The first kappa shape index (κ1) is 10.9. The van der Waals surface area contributed by atoms with Gasteiger partial charge in [-0.05, 0) is 38.3 Å². The van der Waals surface area contributed by atoms with Gasteiger partial charge in [0.05, 0.1) is 5.69 Å². The third kappa shape index (κ3) is 3.30. The van der Waals surface area contributed by atoms with E-state index < -0.39 is 0 Å². The summed E-state index contributed by atoms with van der Waals surface area (Å²) in [4.78, 5) is 4.50. The topological polar surface area (TPSA) is 32.6 Å². The number of aliphatic hydroxyl groups is 1. The van der Waals surface area contributed by atoms with Gasteiger partial charge in [-0.2, -0.15) is 0 Å². The van der Waals surface area contributed by atoms with Gasteiger partial charge < -0.3 is 5.11 Å². The second-order valence-corrected chi connectivity index (χ2v) is 3.46. The predicted molar refractivity (Wildman–Crippen MR) is 60.3 cm³/mol. The average Bonchev–Trinajstić information content (AvgIpc) is 2.18. The average molecular weight is 191 g/mol. The Labute approximate surface area is 85.3 Å². The molecule has 0 aromatic heterocycles. The Morgan fingerprint density at radius 2 is 2.07 bits per heavy atom. The molecule has 0 aliphatic carbocycles. The van der Waals surface area contributed by atoms with E-state index in [0.717, 1.165) is 24.2 Å². The fraction of sp³-hybridized carbons (Fsp3) is 0.417. The molecule has 0 radical (unpaired) electrons. The highest BCUT2D eigenvalue weighted by Gasteiger charge is 1.95. The maximum absolute atomic E-state index is 8.68. The Hall–Kier alpha value is -1.15. The standard InChI is InChI=1S/C12H17NO/c1-10-6-3-4-8-12(10)13-11(2)7-5-9-14/h3-4,6,8,14H,5,7,9H2,1-2H3. The molecule has 0 fully saturated rings. The zero-order chi connectivity index (χ0) is 10.4. The van der Waals surface area contributed by atoms with E-state index >= 15 is 0 Å². The molecule has 76 valence electrons. The lowest BCUT2D eigenvalue weighted by atomic mass is 10.2. The maximum atomic E-state index is 8.68. The van der Waals surface area contributed by atoms with Crippen LogP contribution < -0.4 is 0 Å². The largest absolute Gasteiger partial charge is 0.396 e. The van der Waals surface area contributed by atoms with Gasteiger partial charge in [0.2, 0.25) is 0 Å². The summed E-state index contributed by atoms with van der Waals surface area (Å²) in [6, 6.07) is 8.07. The lowest BCUT2D eigenvalue weighted by molar-refractivity contribution is 0.291. The first-order valence-electron chi connectivity index (χ1n) is 4.94. The highest BCUT2D eigenvalue weighted by atomic mass is 16.2. The highest BCUT2D eigenvalue weighted by molar-refractivity contribution is 5.84. The highest BCUT2D eigenvalue weighted by Crippen LogP contribution is 2.17. The third-order valence-electron chi connectivity index (χ3n) is 2.12. The summed E-state index contributed by atoms with van der Waals surface area (Å²) in [5.41, 5.74) is 3.30. The summed E-state index contributed by atoms with van der Waals surface area (Å²) < 4.78 is 0. The Kier molecular flexibility index (Phi) is 4.33. The minimum Gasteiger partial charge on any atom is -0.396 e. The molecule has 0 unspecified atom stereocenters. The van der Waals surface area contributed by atoms with E-state index in [1.54, 1.807) is 0 Å². The lowest BCUT2D eigenvalue weighted by Gasteiger charge is -2.02. The Balaban J connectivity index is 2.71. The van der Waals surface area contributed by atoms with Crippen LogP contribution in [0.5, 0.6) is 0 Å². The van der Waals surface area contributed by atoms with Gasteiger partial charge in [-0.3, -0.25) is 4.99 Å². The molecule has 0 aliphatic rings. The molecule has 1 aromatic rings. The second-order valence-electron chi connectivity index (χ2n) is 3.46. The van der Waals surface area contributed by atoms with Crippen molar-refractivity contribution in [3.63, 3.8) is 0 Å². The van der Waals surface area contributed by atoms with Crippen molar-refractivity contribution in [2.75, 3.05) is 6.61 Å². The van der Waals surface area contributed by atoms with Crippen LogP contribution in [0.3, 0.4) is 0 Å². The normalized spacial score (nSPS) is 11.8. The van der Waals surface area contributed by atoms with Crippen LogP contribution in [0.4, 0.5) is 5.69 Å². The van der Waals surface area contributed by atoms with Crippen LogP contribution in [-0.4, -0.2) is 17.4 Å². The summed E-state index contributed by atoms with van der Waals surface area (Å²) >= 11 is 0. The van der Waals surface area contributed by atoms with Gasteiger partial charge in [0.15, 0.2) is 0 Å². The van der Waals surface area contributed by atoms with E-state index in [2.05, 4.69) is 18.0 Å². The van der Waals surface area contributed by atoms with Gasteiger partial charge in [0.25, 0.3) is 0 Å². The summed E-state index contributed by atoms with van der Waals surface area (Å²) in [6.45, 7) is 4.29. The van der Waals surface area contributed by atoms with Crippen LogP contribution in [-0.2, 0) is 0 Å². The van der Waals surface area contributed by atoms with Crippen LogP contribution in [0.1, 0.15) is 25.3 Å². The predicted octanol–water partition coefficient (Wildman–Crippen LogP) is 2.86. The number of para-hydroxylation sites is 1. The molecule has 1 aromatic carbocycles. The molecule has 0 spiro atoms. The minimum atomic E-state index is 0.237. The third-order valence-corrected chi connectivity index (χ3v) is 2.12. The molecule has 0 heterocycles. The van der Waals surface area contributed by atoms with E-state index in [9.17, 15) is 0 Å². The van der Waals surface area contributed by atoms with Gasteiger partial charge >= 0.3 is 0 Å². The van der Waals surface area contributed by atoms with Crippen molar-refractivity contribution in [2.24, 2.45) is 4.99 Å². The zero-order valence-electron chi connectivity index (χ0n) is 8.83. The number of aliphatic imine (C=N–C) groups is 1. The molecule has 0 atom stereocenters. The fourth-order valence-corrected chi connectivity index (χ4v) is 1.29. The van der Waals surface area contributed by atoms with E-state index in [-0.39, 0.29) is 6.61 Å². The van der Waals surface area contributed by atoms with Crippen molar-refractivity contribution in [2.45, 2.75) is 26.7 Å². The summed E-state index contributed by atoms with van der Waals surface area (Å²) in [5, 5.41) is 8.68. The summed E-state index contributed by atoms with van der Waals surface area (Å²) in [7, 11) is 0. The molecule has 1 rings (SSSR count). The van der Waals surface area contributed by atoms with Crippen LogP contribution in [0.2, 0.25) is 0 Å². The number of aliphatic hydroxyl groups excluding tert-OH is 1. The molecule has 2 nitrogen and oxygen atoms in total. The van der Waals surface area contributed by atoms with E-state index in [1.165, 1.54) is 5.56 Å². The summed E-state index contributed by atoms with van der Waals surface area (Å²) in [5.74, 6) is 0. The molecule has 0 amide bonds. The quantitative estimate of drug-likeness (QED) is 0.729. The number of benzene rings is 1. The molecule has 0 bridgehead atoms. The SMILES string of the molecule is CC(CCCO)=Nc1ccccc1C. The maximum Gasteiger partial charge on any atom is 0.0658 e. The first-order valence-corrected chi connectivity index (χ1v) is 4.94. The van der Waals surface area contributed by atoms with Crippen molar-refractivity contribution in [3.8, 4) is 0 Å². The molecular formula is C12H17NO. The van der Waals surface area contributed by atoms with Crippen molar-refractivity contribution in [1.82, 2.24) is 0 Å².